The Morgan fingerprint density at radius 2 is 2.21 bits per heavy atom. The van der Waals surface area contributed by atoms with Crippen LogP contribution in [0.2, 0.25) is 0 Å². The van der Waals surface area contributed by atoms with Crippen LogP contribution in [0.3, 0.4) is 0 Å². The normalized spacial score (nSPS) is 11.8. The van der Waals surface area contributed by atoms with Crippen molar-refractivity contribution in [3.63, 3.8) is 0 Å². The van der Waals surface area contributed by atoms with Gasteiger partial charge in [-0.05, 0) is 32.4 Å². The van der Waals surface area contributed by atoms with Gasteiger partial charge >= 0.3 is 0 Å². The van der Waals surface area contributed by atoms with Crippen molar-refractivity contribution in [2.75, 3.05) is 6.54 Å². The van der Waals surface area contributed by atoms with Crippen molar-refractivity contribution < 1.29 is 5.21 Å². The van der Waals surface area contributed by atoms with Gasteiger partial charge in [0.05, 0.1) is 5.71 Å². The molecule has 0 aliphatic heterocycles. The Bertz CT molecular complexity index is 345. The maximum absolute atomic E-state index is 8.71. The molecule has 0 bridgehead atoms. The molecular formula is C11H16N2O. The molecule has 1 rings (SSSR count). The van der Waals surface area contributed by atoms with Crippen molar-refractivity contribution in [3.8, 4) is 0 Å². The van der Waals surface area contributed by atoms with Gasteiger partial charge in [-0.25, -0.2) is 0 Å². The predicted octanol–water partition coefficient (Wildman–Crippen LogP) is 1.69. The highest BCUT2D eigenvalue weighted by atomic mass is 16.4. The number of nitrogens with zero attached hydrogens (tertiary/aromatic N) is 1. The number of aryl methyl sites for hydroxylation is 1. The molecule has 0 saturated carbocycles. The van der Waals surface area contributed by atoms with E-state index in [4.69, 9.17) is 10.9 Å². The first kappa shape index (κ1) is 10.7. The van der Waals surface area contributed by atoms with Crippen molar-refractivity contribution in [3.05, 3.63) is 34.9 Å². The topological polar surface area (TPSA) is 58.6 Å². The molecule has 0 spiro atoms. The molecule has 0 heterocycles. The van der Waals surface area contributed by atoms with E-state index in [9.17, 15) is 0 Å². The van der Waals surface area contributed by atoms with Crippen molar-refractivity contribution >= 4 is 5.71 Å². The fourth-order valence-electron chi connectivity index (χ4n) is 1.49. The zero-order valence-electron chi connectivity index (χ0n) is 8.62. The average molecular weight is 192 g/mol. The van der Waals surface area contributed by atoms with E-state index in [0.29, 0.717) is 12.3 Å². The van der Waals surface area contributed by atoms with Gasteiger partial charge in [-0.3, -0.25) is 0 Å². The van der Waals surface area contributed by atoms with E-state index in [-0.39, 0.29) is 0 Å². The molecule has 0 aliphatic carbocycles. The molecule has 3 N–H and O–H groups in total. The van der Waals surface area contributed by atoms with E-state index in [1.165, 1.54) is 5.56 Å². The third-order valence-electron chi connectivity index (χ3n) is 2.21. The third kappa shape index (κ3) is 2.33. The van der Waals surface area contributed by atoms with Crippen LogP contribution >= 0.6 is 0 Å². The lowest BCUT2D eigenvalue weighted by Gasteiger charge is -2.08. The molecule has 3 nitrogen and oxygen atoms in total. The summed E-state index contributed by atoms with van der Waals surface area (Å²) in [4.78, 5) is 0. The van der Waals surface area contributed by atoms with Gasteiger partial charge in [0.2, 0.25) is 0 Å². The summed E-state index contributed by atoms with van der Waals surface area (Å²) < 4.78 is 0. The largest absolute Gasteiger partial charge is 0.411 e. The average Bonchev–Trinajstić information content (AvgIpc) is 2.17. The lowest BCUT2D eigenvalue weighted by molar-refractivity contribution is 0.319. The first-order valence-corrected chi connectivity index (χ1v) is 4.67. The van der Waals surface area contributed by atoms with Crippen LogP contribution in [0.15, 0.2) is 23.4 Å². The molecule has 0 amide bonds. The van der Waals surface area contributed by atoms with Gasteiger partial charge in [-0.1, -0.05) is 28.9 Å². The molecule has 3 heteroatoms. The van der Waals surface area contributed by atoms with Crippen molar-refractivity contribution in [1.29, 1.82) is 0 Å². The van der Waals surface area contributed by atoms with Gasteiger partial charge in [-0.2, -0.15) is 0 Å². The van der Waals surface area contributed by atoms with E-state index in [2.05, 4.69) is 11.2 Å². The van der Waals surface area contributed by atoms with Crippen LogP contribution in [0.5, 0.6) is 0 Å². The lowest BCUT2D eigenvalue weighted by atomic mass is 9.99. The second kappa shape index (κ2) is 4.77. The number of oxime groups is 1. The summed E-state index contributed by atoms with van der Waals surface area (Å²) in [6, 6.07) is 6.05. The van der Waals surface area contributed by atoms with Gasteiger partial charge in [0.15, 0.2) is 0 Å². The van der Waals surface area contributed by atoms with Gasteiger partial charge in [0, 0.05) is 5.56 Å². The molecule has 14 heavy (non-hydrogen) atoms. The van der Waals surface area contributed by atoms with E-state index in [1.54, 1.807) is 6.92 Å². The lowest BCUT2D eigenvalue weighted by Crippen LogP contribution is -2.08. The third-order valence-corrected chi connectivity index (χ3v) is 2.21. The molecule has 0 aromatic heterocycles. The molecule has 0 atom stereocenters. The first-order chi connectivity index (χ1) is 6.69. The minimum absolute atomic E-state index is 0.606. The SMILES string of the molecule is CC(=NO)c1ccc(C)cc1CCN. The van der Waals surface area contributed by atoms with Crippen LogP contribution in [-0.4, -0.2) is 17.5 Å². The summed E-state index contributed by atoms with van der Waals surface area (Å²) >= 11 is 0. The zero-order chi connectivity index (χ0) is 10.6. The molecule has 1 aromatic carbocycles. The summed E-state index contributed by atoms with van der Waals surface area (Å²) in [5, 5.41) is 11.9. The number of hydrogen-bond acceptors (Lipinski definition) is 3. The second-order valence-electron chi connectivity index (χ2n) is 3.38. The van der Waals surface area contributed by atoms with Gasteiger partial charge in [0.1, 0.15) is 0 Å². The molecule has 0 saturated heterocycles. The summed E-state index contributed by atoms with van der Waals surface area (Å²) in [6.45, 7) is 4.43. The van der Waals surface area contributed by atoms with Gasteiger partial charge in [0.25, 0.3) is 0 Å². The Balaban J connectivity index is 3.14. The standard InChI is InChI=1S/C11H16N2O/c1-8-3-4-11(9(2)13-14)10(7-8)5-6-12/h3-4,7,14H,5-6,12H2,1-2H3. The van der Waals surface area contributed by atoms with E-state index >= 15 is 0 Å². The molecule has 0 unspecified atom stereocenters. The summed E-state index contributed by atoms with van der Waals surface area (Å²) in [6.07, 6.45) is 0.809. The van der Waals surface area contributed by atoms with E-state index in [1.807, 2.05) is 19.1 Å². The van der Waals surface area contributed by atoms with Crippen LogP contribution in [0.25, 0.3) is 0 Å². The van der Waals surface area contributed by atoms with Crippen LogP contribution < -0.4 is 5.73 Å². The van der Waals surface area contributed by atoms with Crippen molar-refractivity contribution in [1.82, 2.24) is 0 Å². The van der Waals surface area contributed by atoms with E-state index < -0.39 is 0 Å². The van der Waals surface area contributed by atoms with Gasteiger partial charge < -0.3 is 10.9 Å². The van der Waals surface area contributed by atoms with E-state index in [0.717, 1.165) is 17.5 Å². The maximum atomic E-state index is 8.71. The number of nitrogens with two attached hydrogens (primary N) is 1. The van der Waals surface area contributed by atoms with Crippen LogP contribution in [0.1, 0.15) is 23.6 Å². The Morgan fingerprint density at radius 1 is 1.50 bits per heavy atom. The fourth-order valence-corrected chi connectivity index (χ4v) is 1.49. The van der Waals surface area contributed by atoms with Crippen LogP contribution in [0.4, 0.5) is 0 Å². The minimum Gasteiger partial charge on any atom is -0.411 e. The fraction of sp³-hybridized carbons (Fsp3) is 0.364. The minimum atomic E-state index is 0.606. The predicted molar refractivity (Wildman–Crippen MR) is 57.9 cm³/mol. The van der Waals surface area contributed by atoms with Crippen molar-refractivity contribution in [2.24, 2.45) is 10.9 Å². The molecule has 76 valence electrons. The molecule has 0 fully saturated rings. The highest BCUT2D eigenvalue weighted by Crippen LogP contribution is 2.13. The number of rotatable bonds is 3. The zero-order valence-corrected chi connectivity index (χ0v) is 8.62. The summed E-state index contributed by atoms with van der Waals surface area (Å²) in [5.74, 6) is 0. The highest BCUT2D eigenvalue weighted by Gasteiger charge is 2.05. The first-order valence-electron chi connectivity index (χ1n) is 4.67. The Kier molecular flexibility index (Phi) is 3.65. The smallest absolute Gasteiger partial charge is 0.0839 e. The van der Waals surface area contributed by atoms with Crippen LogP contribution in [-0.2, 0) is 6.42 Å². The Labute approximate surface area is 84.2 Å². The molecular weight excluding hydrogens is 176 g/mol. The Hall–Kier alpha value is -1.35. The molecule has 0 aliphatic rings. The summed E-state index contributed by atoms with van der Waals surface area (Å²) in [5.41, 5.74) is 9.47. The number of hydrogen-bond donors (Lipinski definition) is 2. The molecule has 1 aromatic rings. The van der Waals surface area contributed by atoms with Crippen molar-refractivity contribution in [2.45, 2.75) is 20.3 Å². The maximum Gasteiger partial charge on any atom is 0.0839 e. The second-order valence-corrected chi connectivity index (χ2v) is 3.38. The Morgan fingerprint density at radius 3 is 2.79 bits per heavy atom. The molecule has 0 radical (unpaired) electrons. The summed E-state index contributed by atoms with van der Waals surface area (Å²) in [7, 11) is 0. The number of benzene rings is 1. The quantitative estimate of drug-likeness (QED) is 0.435. The van der Waals surface area contributed by atoms with Gasteiger partial charge in [-0.15, -0.1) is 0 Å². The monoisotopic (exact) mass is 192 g/mol. The van der Waals surface area contributed by atoms with Crippen LogP contribution in [0, 0.1) is 6.92 Å². The highest BCUT2D eigenvalue weighted by molar-refractivity contribution is 5.99.